The molecule has 0 unspecified atom stereocenters. The highest BCUT2D eigenvalue weighted by molar-refractivity contribution is 9.10. The molecule has 4 nitrogen and oxygen atoms in total. The van der Waals surface area contributed by atoms with Crippen LogP contribution < -0.4 is 11.1 Å². The Labute approximate surface area is 120 Å². The molecule has 19 heavy (non-hydrogen) atoms. The molecular formula is C14H14BrN3O. The molecule has 2 rings (SSSR count). The van der Waals surface area contributed by atoms with Gasteiger partial charge in [0.25, 0.3) is 5.91 Å². The molecule has 0 bridgehead atoms. The van der Waals surface area contributed by atoms with Crippen LogP contribution >= 0.6 is 15.9 Å². The number of anilines is 2. The third-order valence-electron chi connectivity index (χ3n) is 2.72. The highest BCUT2D eigenvalue weighted by atomic mass is 79.9. The van der Waals surface area contributed by atoms with Crippen LogP contribution in [0.5, 0.6) is 0 Å². The third-order valence-corrected chi connectivity index (χ3v) is 3.34. The summed E-state index contributed by atoms with van der Waals surface area (Å²) in [6.07, 6.45) is 1.46. The predicted octanol–water partition coefficient (Wildman–Crippen LogP) is 3.30. The minimum atomic E-state index is -0.208. The van der Waals surface area contributed by atoms with E-state index >= 15 is 0 Å². The maximum atomic E-state index is 12.1. The monoisotopic (exact) mass is 319 g/mol. The Morgan fingerprint density at radius 3 is 2.63 bits per heavy atom. The van der Waals surface area contributed by atoms with E-state index in [1.807, 2.05) is 26.0 Å². The lowest BCUT2D eigenvalue weighted by molar-refractivity contribution is 0.102. The maximum absolute atomic E-state index is 12.1. The van der Waals surface area contributed by atoms with E-state index in [1.54, 1.807) is 12.1 Å². The molecule has 0 spiro atoms. The first-order chi connectivity index (χ1) is 8.97. The summed E-state index contributed by atoms with van der Waals surface area (Å²) in [5.74, 6) is 0.185. The summed E-state index contributed by atoms with van der Waals surface area (Å²) >= 11 is 3.46. The molecule has 0 aliphatic carbocycles. The van der Waals surface area contributed by atoms with Crippen LogP contribution in [0.1, 0.15) is 21.5 Å². The SMILES string of the molecule is Cc1cc(C)c(NC(=O)c2ccc(N)nc2)c(Br)c1. The van der Waals surface area contributed by atoms with Gasteiger partial charge in [-0.05, 0) is 59.1 Å². The van der Waals surface area contributed by atoms with Gasteiger partial charge in [-0.1, -0.05) is 6.07 Å². The van der Waals surface area contributed by atoms with Crippen LogP contribution in [0.4, 0.5) is 11.5 Å². The molecule has 0 saturated heterocycles. The van der Waals surface area contributed by atoms with Crippen molar-refractivity contribution in [3.63, 3.8) is 0 Å². The maximum Gasteiger partial charge on any atom is 0.257 e. The molecule has 1 aromatic carbocycles. The number of nitrogens with two attached hydrogens (primary N) is 1. The number of pyridine rings is 1. The Morgan fingerprint density at radius 2 is 2.05 bits per heavy atom. The van der Waals surface area contributed by atoms with E-state index in [4.69, 9.17) is 5.73 Å². The number of benzene rings is 1. The van der Waals surface area contributed by atoms with Gasteiger partial charge in [0.15, 0.2) is 0 Å². The molecule has 5 heteroatoms. The Balaban J connectivity index is 2.26. The largest absolute Gasteiger partial charge is 0.384 e. The average Bonchev–Trinajstić information content (AvgIpc) is 2.34. The van der Waals surface area contributed by atoms with Crippen LogP contribution in [0.3, 0.4) is 0 Å². The number of aromatic nitrogens is 1. The van der Waals surface area contributed by atoms with E-state index in [0.717, 1.165) is 21.3 Å². The number of carbonyl (C=O) groups is 1. The normalized spacial score (nSPS) is 10.3. The molecule has 98 valence electrons. The molecule has 1 aromatic heterocycles. The molecule has 0 fully saturated rings. The molecule has 2 aromatic rings. The van der Waals surface area contributed by atoms with Crippen molar-refractivity contribution in [2.75, 3.05) is 11.1 Å². The first-order valence-electron chi connectivity index (χ1n) is 5.77. The van der Waals surface area contributed by atoms with Crippen LogP contribution in [0.2, 0.25) is 0 Å². The van der Waals surface area contributed by atoms with Gasteiger partial charge < -0.3 is 11.1 Å². The first-order valence-corrected chi connectivity index (χ1v) is 6.56. The topological polar surface area (TPSA) is 68.0 Å². The van der Waals surface area contributed by atoms with E-state index in [2.05, 4.69) is 26.2 Å². The van der Waals surface area contributed by atoms with Gasteiger partial charge in [0.05, 0.1) is 11.3 Å². The van der Waals surface area contributed by atoms with Gasteiger partial charge in [-0.2, -0.15) is 0 Å². The Kier molecular flexibility index (Phi) is 3.85. The summed E-state index contributed by atoms with van der Waals surface area (Å²) in [4.78, 5) is 16.0. The molecule has 1 amide bonds. The Morgan fingerprint density at radius 1 is 1.32 bits per heavy atom. The first kappa shape index (κ1) is 13.5. The van der Waals surface area contributed by atoms with Crippen molar-refractivity contribution in [2.24, 2.45) is 0 Å². The van der Waals surface area contributed by atoms with E-state index in [-0.39, 0.29) is 5.91 Å². The van der Waals surface area contributed by atoms with Crippen molar-refractivity contribution < 1.29 is 4.79 Å². The number of aryl methyl sites for hydroxylation is 2. The van der Waals surface area contributed by atoms with Gasteiger partial charge in [-0.25, -0.2) is 4.98 Å². The number of amides is 1. The Hall–Kier alpha value is -1.88. The zero-order valence-corrected chi connectivity index (χ0v) is 12.3. The standard InChI is InChI=1S/C14H14BrN3O/c1-8-5-9(2)13(11(15)6-8)18-14(19)10-3-4-12(16)17-7-10/h3-7H,1-2H3,(H2,16,17)(H,18,19). The summed E-state index contributed by atoms with van der Waals surface area (Å²) < 4.78 is 0.863. The molecule has 0 saturated carbocycles. The zero-order valence-electron chi connectivity index (χ0n) is 10.7. The van der Waals surface area contributed by atoms with E-state index in [0.29, 0.717) is 11.4 Å². The highest BCUT2D eigenvalue weighted by Gasteiger charge is 2.11. The van der Waals surface area contributed by atoms with Gasteiger partial charge in [-0.3, -0.25) is 4.79 Å². The van der Waals surface area contributed by atoms with Gasteiger partial charge in [0.2, 0.25) is 0 Å². The van der Waals surface area contributed by atoms with Crippen molar-refractivity contribution in [3.8, 4) is 0 Å². The number of carbonyl (C=O) groups excluding carboxylic acids is 1. The zero-order chi connectivity index (χ0) is 14.0. The minimum Gasteiger partial charge on any atom is -0.384 e. The summed E-state index contributed by atoms with van der Waals surface area (Å²) in [7, 11) is 0. The summed E-state index contributed by atoms with van der Waals surface area (Å²) in [6, 6.07) is 7.23. The Bertz CT molecular complexity index is 600. The second-order valence-electron chi connectivity index (χ2n) is 4.36. The van der Waals surface area contributed by atoms with Crippen molar-refractivity contribution in [2.45, 2.75) is 13.8 Å². The van der Waals surface area contributed by atoms with Gasteiger partial charge in [0, 0.05) is 10.7 Å². The fraction of sp³-hybridized carbons (Fsp3) is 0.143. The lowest BCUT2D eigenvalue weighted by Gasteiger charge is -2.11. The van der Waals surface area contributed by atoms with Crippen molar-refractivity contribution >= 4 is 33.3 Å². The van der Waals surface area contributed by atoms with Crippen molar-refractivity contribution in [1.82, 2.24) is 4.98 Å². The lowest BCUT2D eigenvalue weighted by atomic mass is 10.1. The molecule has 0 atom stereocenters. The van der Waals surface area contributed by atoms with Crippen LogP contribution in [-0.2, 0) is 0 Å². The van der Waals surface area contributed by atoms with E-state index in [9.17, 15) is 4.79 Å². The van der Waals surface area contributed by atoms with Crippen LogP contribution in [0, 0.1) is 13.8 Å². The van der Waals surface area contributed by atoms with Gasteiger partial charge in [0.1, 0.15) is 5.82 Å². The van der Waals surface area contributed by atoms with Crippen LogP contribution in [-0.4, -0.2) is 10.9 Å². The molecule has 0 aliphatic rings. The number of hydrogen-bond donors (Lipinski definition) is 2. The number of rotatable bonds is 2. The fourth-order valence-electron chi connectivity index (χ4n) is 1.80. The van der Waals surface area contributed by atoms with Gasteiger partial charge in [-0.15, -0.1) is 0 Å². The second kappa shape index (κ2) is 5.40. The molecular weight excluding hydrogens is 306 g/mol. The molecule has 3 N–H and O–H groups in total. The summed E-state index contributed by atoms with van der Waals surface area (Å²) in [5.41, 5.74) is 8.88. The highest BCUT2D eigenvalue weighted by Crippen LogP contribution is 2.28. The van der Waals surface area contributed by atoms with Crippen LogP contribution in [0.15, 0.2) is 34.9 Å². The lowest BCUT2D eigenvalue weighted by Crippen LogP contribution is -2.13. The minimum absolute atomic E-state index is 0.208. The number of nitrogens with one attached hydrogen (secondary N) is 1. The number of nitrogen functional groups attached to an aromatic ring is 1. The number of nitrogens with zero attached hydrogens (tertiary/aromatic N) is 1. The average molecular weight is 320 g/mol. The van der Waals surface area contributed by atoms with Crippen LogP contribution in [0.25, 0.3) is 0 Å². The summed E-state index contributed by atoms with van der Waals surface area (Å²) in [5, 5.41) is 2.87. The third kappa shape index (κ3) is 3.12. The smallest absolute Gasteiger partial charge is 0.257 e. The predicted molar refractivity (Wildman–Crippen MR) is 80.2 cm³/mol. The van der Waals surface area contributed by atoms with Crippen molar-refractivity contribution in [1.29, 1.82) is 0 Å². The van der Waals surface area contributed by atoms with E-state index < -0.39 is 0 Å². The number of halogens is 1. The molecule has 0 radical (unpaired) electrons. The fourth-order valence-corrected chi connectivity index (χ4v) is 2.57. The molecule has 0 aliphatic heterocycles. The second-order valence-corrected chi connectivity index (χ2v) is 5.22. The quantitative estimate of drug-likeness (QED) is 0.892. The number of hydrogen-bond acceptors (Lipinski definition) is 3. The van der Waals surface area contributed by atoms with Crippen molar-refractivity contribution in [3.05, 3.63) is 51.6 Å². The summed E-state index contributed by atoms with van der Waals surface area (Å²) in [6.45, 7) is 3.96. The van der Waals surface area contributed by atoms with Gasteiger partial charge >= 0.3 is 0 Å². The molecule has 1 heterocycles. The van der Waals surface area contributed by atoms with E-state index in [1.165, 1.54) is 6.20 Å².